The number of carbonyl (C=O) groups is 1. The Kier molecular flexibility index (Phi) is 4.37. The summed E-state index contributed by atoms with van der Waals surface area (Å²) >= 11 is 0. The summed E-state index contributed by atoms with van der Waals surface area (Å²) < 4.78 is 1.87. The zero-order valence-corrected chi connectivity index (χ0v) is 12.2. The van der Waals surface area contributed by atoms with Crippen LogP contribution in [0.1, 0.15) is 42.7 Å². The second kappa shape index (κ2) is 6.21. The molecule has 0 saturated carbocycles. The van der Waals surface area contributed by atoms with Crippen LogP contribution in [0.3, 0.4) is 0 Å². The Hall–Kier alpha value is -2.63. The van der Waals surface area contributed by atoms with Crippen molar-refractivity contribution in [3.63, 3.8) is 0 Å². The molecule has 0 spiro atoms. The number of benzene rings is 1. The number of hydrogen-bond donors (Lipinski definition) is 2. The molecule has 6 nitrogen and oxygen atoms in total. The summed E-state index contributed by atoms with van der Waals surface area (Å²) in [4.78, 5) is 10.8. The highest BCUT2D eigenvalue weighted by molar-refractivity contribution is 5.98. The molecular weight excluding hydrogens is 268 g/mol. The third-order valence-electron chi connectivity index (χ3n) is 3.03. The van der Waals surface area contributed by atoms with Gasteiger partial charge in [0.15, 0.2) is 0 Å². The number of carboxylic acid groups (broad SMARTS) is 1. The summed E-state index contributed by atoms with van der Waals surface area (Å²) in [5, 5.41) is 17.4. The van der Waals surface area contributed by atoms with Gasteiger partial charge in [-0.05, 0) is 45.0 Å². The molecule has 2 aromatic rings. The summed E-state index contributed by atoms with van der Waals surface area (Å²) in [6, 6.07) is 6.73. The highest BCUT2D eigenvalue weighted by atomic mass is 16.4. The Morgan fingerprint density at radius 1 is 1.29 bits per heavy atom. The lowest BCUT2D eigenvalue weighted by atomic mass is 10.2. The molecule has 1 aromatic carbocycles. The Balaban J connectivity index is 2.07. The first-order chi connectivity index (χ1) is 9.97. The van der Waals surface area contributed by atoms with Gasteiger partial charge in [0.1, 0.15) is 0 Å². The van der Waals surface area contributed by atoms with E-state index in [2.05, 4.69) is 29.5 Å². The highest BCUT2D eigenvalue weighted by Gasteiger charge is 2.05. The van der Waals surface area contributed by atoms with Crippen LogP contribution in [0.25, 0.3) is 0 Å². The van der Waals surface area contributed by atoms with Crippen molar-refractivity contribution in [3.05, 3.63) is 47.8 Å². The molecule has 1 heterocycles. The first-order valence-corrected chi connectivity index (χ1v) is 6.65. The van der Waals surface area contributed by atoms with Crippen molar-refractivity contribution >= 4 is 17.4 Å². The first-order valence-electron chi connectivity index (χ1n) is 6.65. The van der Waals surface area contributed by atoms with Gasteiger partial charge in [-0.2, -0.15) is 10.2 Å². The molecule has 0 aliphatic rings. The van der Waals surface area contributed by atoms with E-state index in [1.807, 2.05) is 17.8 Å². The van der Waals surface area contributed by atoms with Crippen molar-refractivity contribution in [2.24, 2.45) is 5.10 Å². The molecule has 110 valence electrons. The second-order valence-corrected chi connectivity index (χ2v) is 4.99. The van der Waals surface area contributed by atoms with Gasteiger partial charge in [-0.25, -0.2) is 4.79 Å². The fraction of sp³-hybridized carbons (Fsp3) is 0.267. The minimum absolute atomic E-state index is 0.250. The molecule has 0 amide bonds. The van der Waals surface area contributed by atoms with Gasteiger partial charge >= 0.3 is 5.97 Å². The van der Waals surface area contributed by atoms with E-state index < -0.39 is 5.97 Å². The number of nitrogens with zero attached hydrogens (tertiary/aromatic N) is 3. The van der Waals surface area contributed by atoms with Gasteiger partial charge in [-0.15, -0.1) is 0 Å². The largest absolute Gasteiger partial charge is 0.478 e. The molecule has 0 aliphatic carbocycles. The predicted molar refractivity (Wildman–Crippen MR) is 81.8 cm³/mol. The number of anilines is 1. The molecule has 21 heavy (non-hydrogen) atoms. The maximum atomic E-state index is 10.8. The van der Waals surface area contributed by atoms with Crippen LogP contribution in [0.5, 0.6) is 0 Å². The molecule has 0 fully saturated rings. The molecule has 6 heteroatoms. The summed E-state index contributed by atoms with van der Waals surface area (Å²) in [7, 11) is 0. The van der Waals surface area contributed by atoms with Crippen molar-refractivity contribution in [1.29, 1.82) is 0 Å². The molecule has 1 aromatic heterocycles. The van der Waals surface area contributed by atoms with Crippen LogP contribution in [-0.2, 0) is 0 Å². The number of hydrazone groups is 1. The highest BCUT2D eigenvalue weighted by Crippen LogP contribution is 2.11. The lowest BCUT2D eigenvalue weighted by molar-refractivity contribution is 0.0697. The van der Waals surface area contributed by atoms with Gasteiger partial charge in [-0.3, -0.25) is 10.1 Å². The molecule has 2 rings (SSSR count). The van der Waals surface area contributed by atoms with Gasteiger partial charge in [0.05, 0.1) is 23.2 Å². The van der Waals surface area contributed by atoms with Crippen LogP contribution in [-0.4, -0.2) is 26.6 Å². The quantitative estimate of drug-likeness (QED) is 0.654. The van der Waals surface area contributed by atoms with Crippen LogP contribution < -0.4 is 5.43 Å². The van der Waals surface area contributed by atoms with E-state index >= 15 is 0 Å². The van der Waals surface area contributed by atoms with E-state index in [4.69, 9.17) is 5.11 Å². The summed E-state index contributed by atoms with van der Waals surface area (Å²) in [6.45, 7) is 6.01. The number of hydrogen-bond acceptors (Lipinski definition) is 4. The molecule has 0 atom stereocenters. The van der Waals surface area contributed by atoms with Gasteiger partial charge in [-0.1, -0.05) is 0 Å². The molecule has 0 bridgehead atoms. The third-order valence-corrected chi connectivity index (χ3v) is 3.03. The molecule has 0 radical (unpaired) electrons. The van der Waals surface area contributed by atoms with Crippen LogP contribution in [0.4, 0.5) is 5.69 Å². The average Bonchev–Trinajstić information content (AvgIpc) is 2.95. The van der Waals surface area contributed by atoms with Crippen molar-refractivity contribution < 1.29 is 9.90 Å². The maximum absolute atomic E-state index is 10.8. The zero-order chi connectivity index (χ0) is 15.4. The van der Waals surface area contributed by atoms with Crippen LogP contribution in [0.15, 0.2) is 41.8 Å². The van der Waals surface area contributed by atoms with Gasteiger partial charge in [0.25, 0.3) is 0 Å². The molecule has 0 unspecified atom stereocenters. The smallest absolute Gasteiger partial charge is 0.335 e. The van der Waals surface area contributed by atoms with E-state index in [0.717, 1.165) is 17.0 Å². The monoisotopic (exact) mass is 286 g/mol. The van der Waals surface area contributed by atoms with Crippen molar-refractivity contribution in [1.82, 2.24) is 9.78 Å². The lowest BCUT2D eigenvalue weighted by Crippen LogP contribution is -2.01. The number of aromatic carboxylic acids is 1. The topological polar surface area (TPSA) is 79.5 Å². The second-order valence-electron chi connectivity index (χ2n) is 4.99. The minimum Gasteiger partial charge on any atom is -0.478 e. The summed E-state index contributed by atoms with van der Waals surface area (Å²) in [5.74, 6) is -0.942. The maximum Gasteiger partial charge on any atom is 0.335 e. The van der Waals surface area contributed by atoms with E-state index in [-0.39, 0.29) is 5.56 Å². The predicted octanol–water partition coefficient (Wildman–Crippen LogP) is 3.00. The summed E-state index contributed by atoms with van der Waals surface area (Å²) in [6.07, 6.45) is 3.72. The number of rotatable bonds is 5. The number of aromatic nitrogens is 2. The van der Waals surface area contributed by atoms with E-state index in [0.29, 0.717) is 6.04 Å². The summed E-state index contributed by atoms with van der Waals surface area (Å²) in [5.41, 5.74) is 5.64. The normalized spacial score (nSPS) is 11.7. The Morgan fingerprint density at radius 3 is 2.48 bits per heavy atom. The molecular formula is C15H18N4O2. The fourth-order valence-electron chi connectivity index (χ4n) is 1.71. The van der Waals surface area contributed by atoms with Crippen molar-refractivity contribution in [2.75, 3.05) is 5.43 Å². The van der Waals surface area contributed by atoms with Crippen LogP contribution in [0.2, 0.25) is 0 Å². The Morgan fingerprint density at radius 2 is 1.95 bits per heavy atom. The van der Waals surface area contributed by atoms with E-state index in [1.165, 1.54) is 12.1 Å². The van der Waals surface area contributed by atoms with Crippen LogP contribution >= 0.6 is 0 Å². The standard InChI is InChI=1S/C15H18N4O2/c1-10(2)19-9-13(8-16-19)11(3)17-18-14-6-4-12(5-7-14)15(20)21/h4-10,18H,1-3H3,(H,20,21)/b17-11+. The molecule has 2 N–H and O–H groups in total. The number of nitrogens with one attached hydrogen (secondary N) is 1. The van der Waals surface area contributed by atoms with E-state index in [9.17, 15) is 4.79 Å². The first kappa shape index (κ1) is 14.8. The van der Waals surface area contributed by atoms with Gasteiger partial charge < -0.3 is 5.11 Å². The van der Waals surface area contributed by atoms with Crippen molar-refractivity contribution in [3.8, 4) is 0 Å². The fourth-order valence-corrected chi connectivity index (χ4v) is 1.71. The average molecular weight is 286 g/mol. The van der Waals surface area contributed by atoms with E-state index in [1.54, 1.807) is 18.3 Å². The minimum atomic E-state index is -0.942. The number of carboxylic acids is 1. The van der Waals surface area contributed by atoms with Gasteiger partial charge in [0.2, 0.25) is 0 Å². The SMILES string of the molecule is C/C(=N\Nc1ccc(C(=O)O)cc1)c1cnn(C(C)C)c1. The lowest BCUT2D eigenvalue weighted by Gasteiger charge is -2.04. The Labute approximate surface area is 123 Å². The zero-order valence-electron chi connectivity index (χ0n) is 12.2. The molecule has 0 saturated heterocycles. The van der Waals surface area contributed by atoms with Crippen LogP contribution in [0, 0.1) is 0 Å². The third kappa shape index (κ3) is 3.68. The van der Waals surface area contributed by atoms with Gasteiger partial charge in [0, 0.05) is 17.8 Å². The van der Waals surface area contributed by atoms with Crippen molar-refractivity contribution in [2.45, 2.75) is 26.8 Å². The Bertz CT molecular complexity index is 657. The molecule has 0 aliphatic heterocycles.